The fraction of sp³-hybridized carbons (Fsp3) is 0.467. The van der Waals surface area contributed by atoms with Crippen LogP contribution in [0.3, 0.4) is 0 Å². The highest BCUT2D eigenvalue weighted by Gasteiger charge is 2.38. The second-order valence-electron chi connectivity index (χ2n) is 4.92. The number of benzene rings is 1. The van der Waals surface area contributed by atoms with Crippen molar-refractivity contribution in [2.75, 3.05) is 27.3 Å². The van der Waals surface area contributed by atoms with Crippen molar-refractivity contribution in [1.29, 1.82) is 0 Å². The molecule has 0 fully saturated rings. The number of hydrogen-bond acceptors (Lipinski definition) is 5. The second-order valence-corrected chi connectivity index (χ2v) is 4.92. The van der Waals surface area contributed by atoms with Gasteiger partial charge in [0.15, 0.2) is 11.5 Å². The molecule has 0 aromatic heterocycles. The number of amides is 2. The maximum Gasteiger partial charge on any atom is 0.471 e. The summed E-state index contributed by atoms with van der Waals surface area (Å²) in [6.45, 7) is -0.00231. The first-order valence-electron chi connectivity index (χ1n) is 7.35. The monoisotopic (exact) mass is 363 g/mol. The van der Waals surface area contributed by atoms with Gasteiger partial charge in [0, 0.05) is 19.5 Å². The summed E-state index contributed by atoms with van der Waals surface area (Å²) in [6.07, 6.45) is -4.65. The average molecular weight is 363 g/mol. The van der Waals surface area contributed by atoms with Crippen molar-refractivity contribution < 1.29 is 32.2 Å². The largest absolute Gasteiger partial charge is 0.493 e. The molecule has 1 aromatic rings. The molecule has 0 saturated carbocycles. The van der Waals surface area contributed by atoms with Gasteiger partial charge in [-0.05, 0) is 24.1 Å². The van der Waals surface area contributed by atoms with Gasteiger partial charge in [-0.1, -0.05) is 6.07 Å². The Hall–Kier alpha value is -2.49. The van der Waals surface area contributed by atoms with E-state index in [0.29, 0.717) is 24.5 Å². The zero-order valence-electron chi connectivity index (χ0n) is 13.8. The van der Waals surface area contributed by atoms with Crippen LogP contribution in [0.2, 0.25) is 0 Å². The van der Waals surface area contributed by atoms with Crippen LogP contribution in [-0.2, 0) is 16.0 Å². The molecule has 1 rings (SSSR count). The van der Waals surface area contributed by atoms with Crippen LogP contribution >= 0.6 is 0 Å². The molecule has 2 amide bonds. The van der Waals surface area contributed by atoms with Crippen LogP contribution in [-0.4, -0.2) is 45.3 Å². The number of hydrazine groups is 1. The molecule has 0 aliphatic rings. The predicted octanol–water partition coefficient (Wildman–Crippen LogP) is 0.936. The Morgan fingerprint density at radius 3 is 2.36 bits per heavy atom. The van der Waals surface area contributed by atoms with E-state index >= 15 is 0 Å². The van der Waals surface area contributed by atoms with E-state index in [4.69, 9.17) is 9.47 Å². The second kappa shape index (κ2) is 9.72. The molecule has 0 aliphatic carbocycles. The number of rotatable bonds is 9. The molecule has 0 bridgehead atoms. The normalized spacial score (nSPS) is 10.9. The summed E-state index contributed by atoms with van der Waals surface area (Å²) >= 11 is 0. The summed E-state index contributed by atoms with van der Waals surface area (Å²) in [6, 6.07) is 5.41. The highest BCUT2D eigenvalue weighted by atomic mass is 19.4. The SMILES string of the molecule is COc1ccc(CCNNC(=O)CCNC(=O)C(F)(F)F)cc1OC. The smallest absolute Gasteiger partial charge is 0.471 e. The number of nitrogens with one attached hydrogen (secondary N) is 3. The lowest BCUT2D eigenvalue weighted by Crippen LogP contribution is -2.42. The molecular formula is C15H20F3N3O4. The van der Waals surface area contributed by atoms with Gasteiger partial charge in [0.25, 0.3) is 0 Å². The van der Waals surface area contributed by atoms with Crippen molar-refractivity contribution >= 4 is 11.8 Å². The van der Waals surface area contributed by atoms with Crippen molar-refractivity contribution in [1.82, 2.24) is 16.2 Å². The summed E-state index contributed by atoms with van der Waals surface area (Å²) in [5.41, 5.74) is 5.94. The fourth-order valence-electron chi connectivity index (χ4n) is 1.86. The van der Waals surface area contributed by atoms with Gasteiger partial charge in [-0.25, -0.2) is 5.43 Å². The average Bonchev–Trinajstić information content (AvgIpc) is 2.57. The molecule has 1 aromatic carbocycles. The Bertz CT molecular complexity index is 594. The third kappa shape index (κ3) is 7.29. The summed E-state index contributed by atoms with van der Waals surface area (Å²) in [7, 11) is 3.06. The number of methoxy groups -OCH3 is 2. The molecular weight excluding hydrogens is 343 g/mol. The standard InChI is InChI=1S/C15H20F3N3O4/c1-24-11-4-3-10(9-12(11)25-2)5-8-20-21-13(22)6-7-19-14(23)15(16,17)18/h3-4,9,20H,5-8H2,1-2H3,(H,19,23)(H,21,22). The van der Waals surface area contributed by atoms with Crippen LogP contribution in [0.15, 0.2) is 18.2 Å². The third-order valence-corrected chi connectivity index (χ3v) is 3.11. The number of alkyl halides is 3. The van der Waals surface area contributed by atoms with Crippen molar-refractivity contribution in [2.45, 2.75) is 19.0 Å². The molecule has 0 aliphatic heterocycles. The maximum absolute atomic E-state index is 11.9. The molecule has 0 spiro atoms. The molecule has 0 atom stereocenters. The fourth-order valence-corrected chi connectivity index (χ4v) is 1.86. The minimum Gasteiger partial charge on any atom is -0.493 e. The lowest BCUT2D eigenvalue weighted by Gasteiger charge is -2.11. The molecule has 140 valence electrons. The molecule has 7 nitrogen and oxygen atoms in total. The Balaban J connectivity index is 2.25. The van der Waals surface area contributed by atoms with E-state index in [1.165, 1.54) is 14.2 Å². The van der Waals surface area contributed by atoms with Crippen LogP contribution < -0.4 is 25.6 Å². The van der Waals surface area contributed by atoms with Gasteiger partial charge in [0.05, 0.1) is 14.2 Å². The van der Waals surface area contributed by atoms with E-state index in [-0.39, 0.29) is 6.42 Å². The molecule has 3 N–H and O–H groups in total. The summed E-state index contributed by atoms with van der Waals surface area (Å²) < 4.78 is 46.1. The van der Waals surface area contributed by atoms with Gasteiger partial charge in [-0.2, -0.15) is 13.2 Å². The molecule has 0 radical (unpaired) electrons. The Labute approximate surface area is 142 Å². The topological polar surface area (TPSA) is 88.7 Å². The first-order chi connectivity index (χ1) is 11.8. The number of hydrogen-bond donors (Lipinski definition) is 3. The lowest BCUT2D eigenvalue weighted by atomic mass is 10.1. The highest BCUT2D eigenvalue weighted by Crippen LogP contribution is 2.27. The number of halogens is 3. The van der Waals surface area contributed by atoms with Gasteiger partial charge in [-0.3, -0.25) is 15.0 Å². The summed E-state index contributed by atoms with van der Waals surface area (Å²) in [5.74, 6) is -1.41. The molecule has 0 unspecified atom stereocenters. The minimum absolute atomic E-state index is 0.273. The Morgan fingerprint density at radius 2 is 1.76 bits per heavy atom. The van der Waals surface area contributed by atoms with E-state index < -0.39 is 24.5 Å². The molecule has 0 saturated heterocycles. The Kier molecular flexibility index (Phi) is 7.99. The number of carbonyl (C=O) groups excluding carboxylic acids is 2. The Morgan fingerprint density at radius 1 is 1.08 bits per heavy atom. The molecule has 25 heavy (non-hydrogen) atoms. The minimum atomic E-state index is -4.95. The molecule has 10 heteroatoms. The van der Waals surface area contributed by atoms with E-state index in [2.05, 4.69) is 10.9 Å². The summed E-state index contributed by atoms with van der Waals surface area (Å²) in [5, 5.41) is 1.61. The third-order valence-electron chi connectivity index (χ3n) is 3.11. The van der Waals surface area contributed by atoms with Crippen molar-refractivity contribution in [3.8, 4) is 11.5 Å². The van der Waals surface area contributed by atoms with E-state index in [1.807, 2.05) is 6.07 Å². The quantitative estimate of drug-likeness (QED) is 0.449. The van der Waals surface area contributed by atoms with Crippen molar-refractivity contribution in [2.24, 2.45) is 0 Å². The van der Waals surface area contributed by atoms with Gasteiger partial charge in [-0.15, -0.1) is 0 Å². The van der Waals surface area contributed by atoms with Gasteiger partial charge in [0.2, 0.25) is 5.91 Å². The zero-order chi connectivity index (χ0) is 18.9. The van der Waals surface area contributed by atoms with Gasteiger partial charge in [0.1, 0.15) is 0 Å². The first kappa shape index (κ1) is 20.6. The van der Waals surface area contributed by atoms with Crippen LogP contribution in [0.25, 0.3) is 0 Å². The van der Waals surface area contributed by atoms with Crippen molar-refractivity contribution in [3.63, 3.8) is 0 Å². The van der Waals surface area contributed by atoms with E-state index in [0.717, 1.165) is 5.56 Å². The maximum atomic E-state index is 11.9. The predicted molar refractivity (Wildman–Crippen MR) is 83.1 cm³/mol. The molecule has 0 heterocycles. The first-order valence-corrected chi connectivity index (χ1v) is 7.35. The lowest BCUT2D eigenvalue weighted by molar-refractivity contribution is -0.173. The van der Waals surface area contributed by atoms with E-state index in [1.54, 1.807) is 17.4 Å². The van der Waals surface area contributed by atoms with Crippen molar-refractivity contribution in [3.05, 3.63) is 23.8 Å². The number of carbonyl (C=O) groups is 2. The van der Waals surface area contributed by atoms with Crippen LogP contribution in [0.1, 0.15) is 12.0 Å². The van der Waals surface area contributed by atoms with Crippen LogP contribution in [0.4, 0.5) is 13.2 Å². The van der Waals surface area contributed by atoms with E-state index in [9.17, 15) is 22.8 Å². The summed E-state index contributed by atoms with van der Waals surface area (Å²) in [4.78, 5) is 22.0. The van der Waals surface area contributed by atoms with Crippen LogP contribution in [0, 0.1) is 0 Å². The van der Waals surface area contributed by atoms with Crippen LogP contribution in [0.5, 0.6) is 11.5 Å². The van der Waals surface area contributed by atoms with Gasteiger partial charge < -0.3 is 14.8 Å². The highest BCUT2D eigenvalue weighted by molar-refractivity contribution is 5.82. The number of ether oxygens (including phenoxy) is 2. The zero-order valence-corrected chi connectivity index (χ0v) is 13.8. The van der Waals surface area contributed by atoms with Gasteiger partial charge >= 0.3 is 12.1 Å².